The van der Waals surface area contributed by atoms with Gasteiger partial charge >= 0.3 is 6.18 Å². The lowest BCUT2D eigenvalue weighted by Crippen LogP contribution is -2.53. The molecule has 20 heavy (non-hydrogen) atoms. The van der Waals surface area contributed by atoms with Crippen LogP contribution in [0.3, 0.4) is 0 Å². The van der Waals surface area contributed by atoms with Gasteiger partial charge in [-0.3, -0.25) is 4.79 Å². The highest BCUT2D eigenvalue weighted by Gasteiger charge is 2.64. The molecule has 1 atom stereocenters. The zero-order valence-electron chi connectivity index (χ0n) is 10.9. The van der Waals surface area contributed by atoms with Gasteiger partial charge in [0.05, 0.1) is 6.04 Å². The molecule has 1 aromatic carbocycles. The van der Waals surface area contributed by atoms with Crippen molar-refractivity contribution >= 4 is 5.91 Å². The number of hydrogen-bond donors (Lipinski definition) is 2. The first kappa shape index (κ1) is 14.8. The van der Waals surface area contributed by atoms with Crippen molar-refractivity contribution in [3.63, 3.8) is 0 Å². The Kier molecular flexibility index (Phi) is 4.04. The van der Waals surface area contributed by atoms with Gasteiger partial charge < -0.3 is 11.1 Å². The molecule has 0 aliphatic heterocycles. The number of halogens is 3. The molecule has 0 unspecified atom stereocenters. The zero-order chi connectivity index (χ0) is 14.8. The zero-order valence-corrected chi connectivity index (χ0v) is 10.9. The highest BCUT2D eigenvalue weighted by molar-refractivity contribution is 5.82. The molecule has 2 rings (SSSR count). The first-order chi connectivity index (χ1) is 9.34. The van der Waals surface area contributed by atoms with Crippen LogP contribution >= 0.6 is 0 Å². The number of hydrogen-bond acceptors (Lipinski definition) is 2. The fourth-order valence-corrected chi connectivity index (χ4v) is 2.03. The smallest absolute Gasteiger partial charge is 0.341 e. The van der Waals surface area contributed by atoms with Crippen molar-refractivity contribution in [3.05, 3.63) is 35.9 Å². The Morgan fingerprint density at radius 1 is 1.30 bits per heavy atom. The van der Waals surface area contributed by atoms with Crippen molar-refractivity contribution in [2.24, 2.45) is 5.73 Å². The number of nitrogens with one attached hydrogen (secondary N) is 1. The number of aryl methyl sites for hydroxylation is 1. The van der Waals surface area contributed by atoms with E-state index >= 15 is 0 Å². The summed E-state index contributed by atoms with van der Waals surface area (Å²) in [6.07, 6.45) is -3.64. The molecule has 0 bridgehead atoms. The van der Waals surface area contributed by atoms with Crippen molar-refractivity contribution in [1.82, 2.24) is 5.32 Å². The molecule has 110 valence electrons. The van der Waals surface area contributed by atoms with Crippen LogP contribution < -0.4 is 11.1 Å². The third kappa shape index (κ3) is 3.30. The van der Waals surface area contributed by atoms with E-state index in [0.717, 1.165) is 5.56 Å². The van der Waals surface area contributed by atoms with Gasteiger partial charge in [0.2, 0.25) is 5.91 Å². The molecule has 0 saturated heterocycles. The molecule has 3 nitrogen and oxygen atoms in total. The van der Waals surface area contributed by atoms with Crippen molar-refractivity contribution in [2.75, 3.05) is 0 Å². The van der Waals surface area contributed by atoms with Gasteiger partial charge in [0.1, 0.15) is 5.54 Å². The first-order valence-electron chi connectivity index (χ1n) is 6.52. The summed E-state index contributed by atoms with van der Waals surface area (Å²) in [6.45, 7) is 0. The van der Waals surface area contributed by atoms with Gasteiger partial charge in [0.25, 0.3) is 0 Å². The Morgan fingerprint density at radius 2 is 1.90 bits per heavy atom. The molecular formula is C14H17F3N2O. The highest BCUT2D eigenvalue weighted by atomic mass is 19.4. The molecule has 0 spiro atoms. The van der Waals surface area contributed by atoms with Gasteiger partial charge in [-0.25, -0.2) is 0 Å². The lowest BCUT2D eigenvalue weighted by Gasteiger charge is -2.22. The fraction of sp³-hybridized carbons (Fsp3) is 0.500. The lowest BCUT2D eigenvalue weighted by atomic mass is 10.0. The third-order valence-corrected chi connectivity index (χ3v) is 3.58. The minimum Gasteiger partial charge on any atom is -0.341 e. The van der Waals surface area contributed by atoms with Gasteiger partial charge in [-0.05, 0) is 31.2 Å². The standard InChI is InChI=1S/C14H17F3N2O/c15-14(16,17)13(8-9-13)19-12(20)11(18)7-6-10-4-2-1-3-5-10/h1-5,11H,6-9,18H2,(H,19,20)/t11-/m0/s1. The van der Waals surface area contributed by atoms with Crippen molar-refractivity contribution in [2.45, 2.75) is 43.4 Å². The minimum atomic E-state index is -4.40. The molecule has 0 radical (unpaired) electrons. The van der Waals surface area contributed by atoms with Crippen LogP contribution in [0.2, 0.25) is 0 Å². The average Bonchev–Trinajstić information content (AvgIpc) is 3.17. The van der Waals surface area contributed by atoms with E-state index in [-0.39, 0.29) is 12.8 Å². The minimum absolute atomic E-state index is 0.0619. The molecule has 1 aromatic rings. The monoisotopic (exact) mass is 286 g/mol. The molecule has 0 heterocycles. The highest BCUT2D eigenvalue weighted by Crippen LogP contribution is 2.48. The van der Waals surface area contributed by atoms with E-state index < -0.39 is 23.7 Å². The summed E-state index contributed by atoms with van der Waals surface area (Å²) in [5, 5.41) is 2.05. The second-order valence-corrected chi connectivity index (χ2v) is 5.20. The number of amides is 1. The maximum Gasteiger partial charge on any atom is 0.411 e. The van der Waals surface area contributed by atoms with Crippen LogP contribution in [-0.2, 0) is 11.2 Å². The molecule has 1 amide bonds. The van der Waals surface area contributed by atoms with E-state index in [9.17, 15) is 18.0 Å². The fourth-order valence-electron chi connectivity index (χ4n) is 2.03. The van der Waals surface area contributed by atoms with Gasteiger partial charge in [-0.15, -0.1) is 0 Å². The summed E-state index contributed by atoms with van der Waals surface area (Å²) >= 11 is 0. The molecule has 3 N–H and O–H groups in total. The number of carbonyl (C=O) groups excluding carboxylic acids is 1. The SMILES string of the molecule is N[C@@H](CCc1ccccc1)C(=O)NC1(C(F)(F)F)CC1. The predicted octanol–water partition coefficient (Wildman–Crippen LogP) is 2.16. The van der Waals surface area contributed by atoms with E-state index in [0.29, 0.717) is 12.8 Å². The summed E-state index contributed by atoms with van der Waals surface area (Å²) in [5.74, 6) is -0.726. The Bertz CT molecular complexity index is 469. The number of alkyl halides is 3. The summed E-state index contributed by atoms with van der Waals surface area (Å²) in [6, 6.07) is 8.46. The van der Waals surface area contributed by atoms with Crippen LogP contribution in [0.1, 0.15) is 24.8 Å². The maximum atomic E-state index is 12.7. The second-order valence-electron chi connectivity index (χ2n) is 5.20. The molecule has 6 heteroatoms. The van der Waals surface area contributed by atoms with Gasteiger partial charge in [-0.2, -0.15) is 13.2 Å². The van der Waals surface area contributed by atoms with E-state index in [2.05, 4.69) is 5.32 Å². The topological polar surface area (TPSA) is 55.1 Å². The van der Waals surface area contributed by atoms with E-state index in [1.165, 1.54) is 0 Å². The van der Waals surface area contributed by atoms with Crippen molar-refractivity contribution in [1.29, 1.82) is 0 Å². The first-order valence-corrected chi connectivity index (χ1v) is 6.52. The molecule has 1 aliphatic carbocycles. The predicted molar refractivity (Wildman–Crippen MR) is 68.9 cm³/mol. The van der Waals surface area contributed by atoms with E-state index in [4.69, 9.17) is 5.73 Å². The number of benzene rings is 1. The van der Waals surface area contributed by atoms with Crippen LogP contribution in [-0.4, -0.2) is 23.7 Å². The molecule has 0 aromatic heterocycles. The Balaban J connectivity index is 1.84. The van der Waals surface area contributed by atoms with Gasteiger partial charge in [0, 0.05) is 0 Å². The van der Waals surface area contributed by atoms with Crippen LogP contribution in [0, 0.1) is 0 Å². The molecular weight excluding hydrogens is 269 g/mol. The number of rotatable bonds is 5. The summed E-state index contributed by atoms with van der Waals surface area (Å²) < 4.78 is 38.1. The van der Waals surface area contributed by atoms with Gasteiger partial charge in [-0.1, -0.05) is 30.3 Å². The maximum absolute atomic E-state index is 12.7. The van der Waals surface area contributed by atoms with Gasteiger partial charge in [0.15, 0.2) is 0 Å². The van der Waals surface area contributed by atoms with E-state index in [1.54, 1.807) is 0 Å². The Morgan fingerprint density at radius 3 is 2.40 bits per heavy atom. The van der Waals surface area contributed by atoms with Crippen molar-refractivity contribution in [3.8, 4) is 0 Å². The Hall–Kier alpha value is -1.56. The summed E-state index contributed by atoms with van der Waals surface area (Å²) in [7, 11) is 0. The summed E-state index contributed by atoms with van der Waals surface area (Å²) in [4.78, 5) is 11.7. The number of carbonyl (C=O) groups is 1. The quantitative estimate of drug-likeness (QED) is 0.871. The van der Waals surface area contributed by atoms with E-state index in [1.807, 2.05) is 30.3 Å². The van der Waals surface area contributed by atoms with Crippen molar-refractivity contribution < 1.29 is 18.0 Å². The van der Waals surface area contributed by atoms with Crippen LogP contribution in [0.5, 0.6) is 0 Å². The molecule has 1 saturated carbocycles. The number of nitrogens with two attached hydrogens (primary N) is 1. The third-order valence-electron chi connectivity index (χ3n) is 3.58. The Labute approximate surface area is 115 Å². The average molecular weight is 286 g/mol. The molecule has 1 aliphatic rings. The largest absolute Gasteiger partial charge is 0.411 e. The summed E-state index contributed by atoms with van der Waals surface area (Å²) in [5.41, 5.74) is 4.64. The molecule has 1 fully saturated rings. The van der Waals surface area contributed by atoms with Crippen LogP contribution in [0.25, 0.3) is 0 Å². The van der Waals surface area contributed by atoms with Crippen LogP contribution in [0.15, 0.2) is 30.3 Å². The lowest BCUT2D eigenvalue weighted by molar-refractivity contribution is -0.170. The van der Waals surface area contributed by atoms with Crippen LogP contribution in [0.4, 0.5) is 13.2 Å². The second kappa shape index (κ2) is 5.44. The normalized spacial score (nSPS) is 18.4.